The number of anilines is 1. The summed E-state index contributed by atoms with van der Waals surface area (Å²) in [6.07, 6.45) is 2.57. The highest BCUT2D eigenvalue weighted by atomic mass is 79.9. The zero-order valence-corrected chi connectivity index (χ0v) is 12.6. The molecule has 96 valence electrons. The van der Waals surface area contributed by atoms with Crippen molar-refractivity contribution >= 4 is 32.6 Å². The molecule has 0 spiro atoms. The van der Waals surface area contributed by atoms with Gasteiger partial charge < -0.3 is 9.64 Å². The van der Waals surface area contributed by atoms with E-state index in [1.165, 1.54) is 11.5 Å². The molecule has 17 heavy (non-hydrogen) atoms. The molecule has 2 heterocycles. The van der Waals surface area contributed by atoms with E-state index in [-0.39, 0.29) is 12.2 Å². The molecule has 0 bridgehead atoms. The summed E-state index contributed by atoms with van der Waals surface area (Å²) >= 11 is 4.99. The normalized spacial score (nSPS) is 25.2. The monoisotopic (exact) mass is 319 g/mol. The quantitative estimate of drug-likeness (QED) is 0.799. The molecule has 1 saturated heterocycles. The zero-order valence-electron chi connectivity index (χ0n) is 10.2. The van der Waals surface area contributed by atoms with Crippen LogP contribution in [0.5, 0.6) is 0 Å². The molecule has 1 aliphatic heterocycles. The third-order valence-electron chi connectivity index (χ3n) is 2.70. The van der Waals surface area contributed by atoms with Crippen molar-refractivity contribution in [3.8, 4) is 0 Å². The van der Waals surface area contributed by atoms with Gasteiger partial charge in [0.05, 0.1) is 12.2 Å². The van der Waals surface area contributed by atoms with Crippen LogP contribution in [-0.4, -0.2) is 40.0 Å². The van der Waals surface area contributed by atoms with Crippen LogP contribution >= 0.6 is 27.5 Å². The van der Waals surface area contributed by atoms with Crippen molar-refractivity contribution in [2.45, 2.75) is 38.9 Å². The van der Waals surface area contributed by atoms with Crippen molar-refractivity contribution < 1.29 is 4.74 Å². The molecule has 0 N–H and O–H groups in total. The van der Waals surface area contributed by atoms with E-state index in [2.05, 4.69) is 44.0 Å². The highest BCUT2D eigenvalue weighted by molar-refractivity contribution is 9.09. The van der Waals surface area contributed by atoms with Gasteiger partial charge in [-0.15, -0.1) is 0 Å². The van der Waals surface area contributed by atoms with E-state index in [4.69, 9.17) is 4.74 Å². The second-order valence-electron chi connectivity index (χ2n) is 4.37. The van der Waals surface area contributed by atoms with Crippen LogP contribution < -0.4 is 4.90 Å². The zero-order chi connectivity index (χ0) is 12.3. The van der Waals surface area contributed by atoms with Gasteiger partial charge in [0.2, 0.25) is 5.13 Å². The summed E-state index contributed by atoms with van der Waals surface area (Å²) in [6.45, 7) is 6.06. The van der Waals surface area contributed by atoms with Gasteiger partial charge >= 0.3 is 0 Å². The number of nitrogens with zero attached hydrogens (tertiary/aromatic N) is 3. The summed E-state index contributed by atoms with van der Waals surface area (Å²) in [6, 6.07) is 0. The minimum atomic E-state index is 0.247. The van der Waals surface area contributed by atoms with Crippen molar-refractivity contribution in [2.75, 3.05) is 23.3 Å². The lowest BCUT2D eigenvalue weighted by Crippen LogP contribution is -2.47. The van der Waals surface area contributed by atoms with Crippen LogP contribution in [0, 0.1) is 0 Å². The first kappa shape index (κ1) is 13.2. The smallest absolute Gasteiger partial charge is 0.205 e. The van der Waals surface area contributed by atoms with Crippen molar-refractivity contribution in [3.63, 3.8) is 0 Å². The van der Waals surface area contributed by atoms with Gasteiger partial charge in [-0.25, -0.2) is 4.98 Å². The average Bonchev–Trinajstić information content (AvgIpc) is 2.77. The molecule has 4 nitrogen and oxygen atoms in total. The molecular formula is C11H18BrN3OS. The maximum Gasteiger partial charge on any atom is 0.205 e. The molecular weight excluding hydrogens is 302 g/mol. The Morgan fingerprint density at radius 3 is 3.06 bits per heavy atom. The number of morpholine rings is 1. The van der Waals surface area contributed by atoms with Gasteiger partial charge in [0.1, 0.15) is 5.82 Å². The Kier molecular flexibility index (Phi) is 4.76. The fraction of sp³-hybridized carbons (Fsp3) is 0.818. The first-order chi connectivity index (χ1) is 8.22. The maximum atomic E-state index is 5.81. The topological polar surface area (TPSA) is 38.2 Å². The van der Waals surface area contributed by atoms with Crippen molar-refractivity contribution in [2.24, 2.45) is 0 Å². The highest BCUT2D eigenvalue weighted by Gasteiger charge is 2.26. The van der Waals surface area contributed by atoms with E-state index in [0.717, 1.165) is 42.2 Å². The maximum absolute atomic E-state index is 5.81. The summed E-state index contributed by atoms with van der Waals surface area (Å²) in [7, 11) is 0. The van der Waals surface area contributed by atoms with E-state index in [9.17, 15) is 0 Å². The lowest BCUT2D eigenvalue weighted by Gasteiger charge is -2.35. The van der Waals surface area contributed by atoms with Crippen LogP contribution in [0.3, 0.4) is 0 Å². The highest BCUT2D eigenvalue weighted by Crippen LogP contribution is 2.23. The summed E-state index contributed by atoms with van der Waals surface area (Å²) in [5.74, 6) is 0.974. The molecule has 0 saturated carbocycles. The number of aromatic nitrogens is 2. The summed E-state index contributed by atoms with van der Waals surface area (Å²) in [5, 5.41) is 1.91. The molecule has 6 heteroatoms. The molecule has 2 rings (SSSR count). The Labute approximate surface area is 115 Å². The SMILES string of the molecule is CCCc1nsc(N2CC(C)OC(CBr)C2)n1. The Morgan fingerprint density at radius 1 is 1.53 bits per heavy atom. The Bertz CT molecular complexity index is 360. The summed E-state index contributed by atoms with van der Waals surface area (Å²) in [4.78, 5) is 6.88. The average molecular weight is 320 g/mol. The number of halogens is 1. The number of hydrogen-bond acceptors (Lipinski definition) is 5. The standard InChI is InChI=1S/C11H18BrN3OS/c1-3-4-10-13-11(17-14-10)15-6-8(2)16-9(5-12)7-15/h8-9H,3-7H2,1-2H3. The van der Waals surface area contributed by atoms with E-state index in [0.29, 0.717) is 0 Å². The van der Waals surface area contributed by atoms with Gasteiger partial charge in [0.25, 0.3) is 0 Å². The largest absolute Gasteiger partial charge is 0.371 e. The molecule has 2 unspecified atom stereocenters. The van der Waals surface area contributed by atoms with Gasteiger partial charge in [-0.3, -0.25) is 0 Å². The first-order valence-corrected chi connectivity index (χ1v) is 7.91. The lowest BCUT2D eigenvalue weighted by molar-refractivity contribution is -0.00200. The molecule has 0 aromatic carbocycles. The molecule has 1 aromatic rings. The first-order valence-electron chi connectivity index (χ1n) is 6.02. The number of hydrogen-bond donors (Lipinski definition) is 0. The Morgan fingerprint density at radius 2 is 2.35 bits per heavy atom. The van der Waals surface area contributed by atoms with Crippen LogP contribution in [0.4, 0.5) is 5.13 Å². The lowest BCUT2D eigenvalue weighted by atomic mass is 10.2. The predicted octanol–water partition coefficient (Wildman–Crippen LogP) is 2.48. The fourth-order valence-corrected chi connectivity index (χ4v) is 3.07. The molecule has 1 aliphatic rings. The third kappa shape index (κ3) is 3.39. The Balaban J connectivity index is 2.04. The molecule has 2 atom stereocenters. The van der Waals surface area contributed by atoms with Crippen LogP contribution in [0.1, 0.15) is 26.1 Å². The van der Waals surface area contributed by atoms with Gasteiger partial charge in [-0.05, 0) is 13.3 Å². The minimum Gasteiger partial charge on any atom is -0.371 e. The summed E-state index contributed by atoms with van der Waals surface area (Å²) in [5.41, 5.74) is 0. The van der Waals surface area contributed by atoms with Gasteiger partial charge in [-0.2, -0.15) is 4.37 Å². The molecule has 0 aliphatic carbocycles. The van der Waals surface area contributed by atoms with Crippen LogP contribution in [0.25, 0.3) is 0 Å². The van der Waals surface area contributed by atoms with Crippen molar-refractivity contribution in [1.82, 2.24) is 9.36 Å². The van der Waals surface area contributed by atoms with Crippen LogP contribution in [0.15, 0.2) is 0 Å². The minimum absolute atomic E-state index is 0.247. The van der Waals surface area contributed by atoms with Gasteiger partial charge in [0.15, 0.2) is 0 Å². The van der Waals surface area contributed by atoms with E-state index < -0.39 is 0 Å². The second-order valence-corrected chi connectivity index (χ2v) is 5.75. The molecule has 1 fully saturated rings. The number of ether oxygens (including phenoxy) is 1. The van der Waals surface area contributed by atoms with Crippen LogP contribution in [-0.2, 0) is 11.2 Å². The van der Waals surface area contributed by atoms with Gasteiger partial charge in [0, 0.05) is 36.4 Å². The van der Waals surface area contributed by atoms with Crippen LogP contribution in [0.2, 0.25) is 0 Å². The van der Waals surface area contributed by atoms with Gasteiger partial charge in [-0.1, -0.05) is 22.9 Å². The second kappa shape index (κ2) is 6.11. The molecule has 1 aromatic heterocycles. The number of rotatable bonds is 4. The van der Waals surface area contributed by atoms with E-state index >= 15 is 0 Å². The summed E-state index contributed by atoms with van der Waals surface area (Å²) < 4.78 is 10.2. The van der Waals surface area contributed by atoms with Crippen molar-refractivity contribution in [3.05, 3.63) is 5.82 Å². The van der Waals surface area contributed by atoms with E-state index in [1.807, 2.05) is 0 Å². The van der Waals surface area contributed by atoms with Crippen molar-refractivity contribution in [1.29, 1.82) is 0 Å². The molecule has 0 amide bonds. The predicted molar refractivity (Wildman–Crippen MR) is 74.2 cm³/mol. The number of aryl methyl sites for hydroxylation is 1. The third-order valence-corrected chi connectivity index (χ3v) is 4.24. The molecule has 0 radical (unpaired) electrons. The Hall–Kier alpha value is -0.200. The van der Waals surface area contributed by atoms with E-state index in [1.54, 1.807) is 0 Å². The fourth-order valence-electron chi connectivity index (χ4n) is 1.98. The number of alkyl halides is 1.